The number of nitrogens with one attached hydrogen (secondary N) is 1. The minimum atomic E-state index is -3.52. The molecule has 0 bridgehead atoms. The van der Waals surface area contributed by atoms with E-state index in [1.807, 2.05) is 31.2 Å². The van der Waals surface area contributed by atoms with E-state index in [4.69, 9.17) is 9.47 Å². The Morgan fingerprint density at radius 2 is 2.10 bits per heavy atom. The van der Waals surface area contributed by atoms with Crippen molar-refractivity contribution < 1.29 is 22.7 Å². The SMILES string of the molecule is CCOc1cccc2c1OCC(C(=O)N1CCc3cc(S(=O)(=O)NC)ccc31)=C2. The van der Waals surface area contributed by atoms with Crippen LogP contribution in [0.3, 0.4) is 0 Å². The summed E-state index contributed by atoms with van der Waals surface area (Å²) >= 11 is 0. The molecule has 1 amide bonds. The quantitative estimate of drug-likeness (QED) is 0.812. The summed E-state index contributed by atoms with van der Waals surface area (Å²) in [7, 11) is -2.14. The summed E-state index contributed by atoms with van der Waals surface area (Å²) in [6.07, 6.45) is 2.44. The molecule has 0 aliphatic carbocycles. The van der Waals surface area contributed by atoms with Crippen LogP contribution in [-0.4, -0.2) is 41.1 Å². The second-order valence-electron chi connectivity index (χ2n) is 6.77. The summed E-state index contributed by atoms with van der Waals surface area (Å²) < 4.78 is 37.8. The molecule has 2 heterocycles. The predicted molar refractivity (Wildman–Crippen MR) is 110 cm³/mol. The van der Waals surface area contributed by atoms with E-state index in [0.717, 1.165) is 16.8 Å². The molecule has 0 fully saturated rings. The van der Waals surface area contributed by atoms with Gasteiger partial charge in [-0.2, -0.15) is 0 Å². The zero-order valence-electron chi connectivity index (χ0n) is 16.3. The lowest BCUT2D eigenvalue weighted by atomic mass is 10.1. The number of para-hydroxylation sites is 1. The molecule has 0 unspecified atom stereocenters. The van der Waals surface area contributed by atoms with Gasteiger partial charge in [-0.3, -0.25) is 4.79 Å². The lowest BCUT2D eigenvalue weighted by Crippen LogP contribution is -2.33. The minimum absolute atomic E-state index is 0.138. The summed E-state index contributed by atoms with van der Waals surface area (Å²) in [6.45, 7) is 3.10. The summed E-state index contributed by atoms with van der Waals surface area (Å²) in [5.41, 5.74) is 2.93. The monoisotopic (exact) mass is 414 g/mol. The average molecular weight is 414 g/mol. The van der Waals surface area contributed by atoms with Crippen molar-refractivity contribution in [1.29, 1.82) is 0 Å². The van der Waals surface area contributed by atoms with E-state index in [2.05, 4.69) is 4.72 Å². The van der Waals surface area contributed by atoms with Gasteiger partial charge in [0.15, 0.2) is 11.5 Å². The Kier molecular flexibility index (Phi) is 5.06. The smallest absolute Gasteiger partial charge is 0.257 e. The van der Waals surface area contributed by atoms with Crippen LogP contribution < -0.4 is 19.1 Å². The third kappa shape index (κ3) is 3.49. The van der Waals surface area contributed by atoms with Crippen LogP contribution >= 0.6 is 0 Å². The fraction of sp³-hybridized carbons (Fsp3) is 0.286. The molecule has 1 N–H and O–H groups in total. The van der Waals surface area contributed by atoms with Crippen LogP contribution in [0.25, 0.3) is 6.08 Å². The van der Waals surface area contributed by atoms with Gasteiger partial charge in [0.25, 0.3) is 5.91 Å². The lowest BCUT2D eigenvalue weighted by Gasteiger charge is -2.24. The van der Waals surface area contributed by atoms with Crippen molar-refractivity contribution >= 4 is 27.7 Å². The highest BCUT2D eigenvalue weighted by atomic mass is 32.2. The highest BCUT2D eigenvalue weighted by Gasteiger charge is 2.30. The topological polar surface area (TPSA) is 84.9 Å². The molecular weight excluding hydrogens is 392 g/mol. The van der Waals surface area contributed by atoms with E-state index >= 15 is 0 Å². The average Bonchev–Trinajstić information content (AvgIpc) is 3.16. The highest BCUT2D eigenvalue weighted by molar-refractivity contribution is 7.89. The van der Waals surface area contributed by atoms with Gasteiger partial charge >= 0.3 is 0 Å². The molecule has 2 aliphatic rings. The Hall–Kier alpha value is -2.84. The number of amides is 1. The molecule has 8 heteroatoms. The lowest BCUT2D eigenvalue weighted by molar-refractivity contribution is -0.115. The van der Waals surface area contributed by atoms with E-state index < -0.39 is 10.0 Å². The predicted octanol–water partition coefficient (Wildman–Crippen LogP) is 2.36. The first-order chi connectivity index (χ1) is 13.9. The molecule has 0 saturated carbocycles. The fourth-order valence-corrected chi connectivity index (χ4v) is 4.40. The number of nitrogens with zero attached hydrogens (tertiary/aromatic N) is 1. The van der Waals surface area contributed by atoms with E-state index in [1.54, 1.807) is 17.0 Å². The Morgan fingerprint density at radius 1 is 1.28 bits per heavy atom. The first kappa shape index (κ1) is 19.5. The first-order valence-electron chi connectivity index (χ1n) is 9.42. The number of fused-ring (bicyclic) bond motifs is 2. The zero-order valence-corrected chi connectivity index (χ0v) is 17.1. The molecule has 7 nitrogen and oxygen atoms in total. The van der Waals surface area contributed by atoms with Crippen molar-refractivity contribution in [2.75, 3.05) is 31.7 Å². The number of carbonyl (C=O) groups is 1. The van der Waals surface area contributed by atoms with Crippen LogP contribution in [0.15, 0.2) is 46.9 Å². The van der Waals surface area contributed by atoms with Crippen molar-refractivity contribution in [3.63, 3.8) is 0 Å². The molecule has 152 valence electrons. The molecule has 4 rings (SSSR count). The standard InChI is InChI=1S/C21H22N2O5S/c1-3-27-19-6-4-5-15-11-16(13-28-20(15)19)21(24)23-10-9-14-12-17(7-8-18(14)23)29(25,26)22-2/h4-8,11-12,22H,3,9-10,13H2,1-2H3. The van der Waals surface area contributed by atoms with E-state index in [-0.39, 0.29) is 17.4 Å². The number of carbonyl (C=O) groups excluding carboxylic acids is 1. The Labute approximate surface area is 170 Å². The van der Waals surface area contributed by atoms with Crippen LogP contribution in [0.5, 0.6) is 11.5 Å². The van der Waals surface area contributed by atoms with Crippen molar-refractivity contribution in [3.05, 3.63) is 53.1 Å². The Bertz CT molecular complexity index is 1110. The Balaban J connectivity index is 1.62. The van der Waals surface area contributed by atoms with Gasteiger partial charge in [-0.05, 0) is 56.3 Å². The second-order valence-corrected chi connectivity index (χ2v) is 8.66. The van der Waals surface area contributed by atoms with Crippen molar-refractivity contribution in [3.8, 4) is 11.5 Å². The number of hydrogen-bond acceptors (Lipinski definition) is 5. The van der Waals surface area contributed by atoms with Crippen LogP contribution in [0.4, 0.5) is 5.69 Å². The van der Waals surface area contributed by atoms with Gasteiger partial charge in [0.1, 0.15) is 6.61 Å². The second kappa shape index (κ2) is 7.53. The van der Waals surface area contributed by atoms with Crippen molar-refractivity contribution in [2.45, 2.75) is 18.2 Å². The normalized spacial score (nSPS) is 15.2. The maximum absolute atomic E-state index is 13.1. The molecule has 2 aromatic rings. The summed E-state index contributed by atoms with van der Waals surface area (Å²) in [5.74, 6) is 1.17. The molecule has 0 aromatic heterocycles. The molecule has 2 aliphatic heterocycles. The number of rotatable bonds is 5. The van der Waals surface area contributed by atoms with Crippen molar-refractivity contribution in [2.24, 2.45) is 0 Å². The first-order valence-corrected chi connectivity index (χ1v) is 10.9. The molecule has 29 heavy (non-hydrogen) atoms. The largest absolute Gasteiger partial charge is 0.490 e. The van der Waals surface area contributed by atoms with Crippen molar-refractivity contribution in [1.82, 2.24) is 4.72 Å². The maximum atomic E-state index is 13.1. The minimum Gasteiger partial charge on any atom is -0.490 e. The van der Waals surface area contributed by atoms with Crippen LogP contribution in [-0.2, 0) is 21.2 Å². The van der Waals surface area contributed by atoms with Crippen LogP contribution in [0.2, 0.25) is 0 Å². The number of anilines is 1. The number of ether oxygens (including phenoxy) is 2. The zero-order chi connectivity index (χ0) is 20.6. The van der Waals surface area contributed by atoms with E-state index in [1.165, 1.54) is 13.1 Å². The van der Waals surface area contributed by atoms with Gasteiger partial charge < -0.3 is 14.4 Å². The van der Waals surface area contributed by atoms with Crippen LogP contribution in [0, 0.1) is 0 Å². The maximum Gasteiger partial charge on any atom is 0.257 e. The number of benzene rings is 2. The molecule has 0 saturated heterocycles. The van der Waals surface area contributed by atoms with Gasteiger partial charge in [-0.15, -0.1) is 0 Å². The van der Waals surface area contributed by atoms with Gasteiger partial charge in [-0.1, -0.05) is 12.1 Å². The van der Waals surface area contributed by atoms with Gasteiger partial charge in [0, 0.05) is 17.8 Å². The van der Waals surface area contributed by atoms with Gasteiger partial charge in [0.05, 0.1) is 17.1 Å². The van der Waals surface area contributed by atoms with Gasteiger partial charge in [-0.25, -0.2) is 13.1 Å². The Morgan fingerprint density at radius 3 is 2.86 bits per heavy atom. The fourth-order valence-electron chi connectivity index (χ4n) is 3.62. The summed E-state index contributed by atoms with van der Waals surface area (Å²) in [5, 5.41) is 0. The summed E-state index contributed by atoms with van der Waals surface area (Å²) in [6, 6.07) is 10.4. The van der Waals surface area contributed by atoms with Gasteiger partial charge in [0.2, 0.25) is 10.0 Å². The molecular formula is C21H22N2O5S. The molecule has 2 aromatic carbocycles. The number of sulfonamides is 1. The van der Waals surface area contributed by atoms with E-state index in [0.29, 0.717) is 36.6 Å². The third-order valence-corrected chi connectivity index (χ3v) is 6.47. The molecule has 0 atom stereocenters. The van der Waals surface area contributed by atoms with E-state index in [9.17, 15) is 13.2 Å². The third-order valence-electron chi connectivity index (χ3n) is 5.06. The van der Waals surface area contributed by atoms with Crippen LogP contribution in [0.1, 0.15) is 18.1 Å². The molecule has 0 radical (unpaired) electrons. The summed E-state index contributed by atoms with van der Waals surface area (Å²) in [4.78, 5) is 15.0. The number of hydrogen-bond donors (Lipinski definition) is 1. The molecule has 0 spiro atoms. The highest BCUT2D eigenvalue weighted by Crippen LogP contribution is 2.37.